The van der Waals surface area contributed by atoms with Crippen molar-refractivity contribution in [1.29, 1.82) is 0 Å². The summed E-state index contributed by atoms with van der Waals surface area (Å²) in [4.78, 5) is 26.6. The third-order valence-corrected chi connectivity index (χ3v) is 6.11. The van der Waals surface area contributed by atoms with Crippen LogP contribution >= 0.6 is 0 Å². The largest absolute Gasteiger partial charge is 0.418 e. The van der Waals surface area contributed by atoms with Crippen molar-refractivity contribution in [3.8, 4) is 0 Å². The number of alkyl halides is 3. The van der Waals surface area contributed by atoms with Gasteiger partial charge in [-0.2, -0.15) is 13.2 Å². The Morgan fingerprint density at radius 1 is 0.917 bits per heavy atom. The van der Waals surface area contributed by atoms with Crippen molar-refractivity contribution in [2.75, 3.05) is 4.90 Å². The summed E-state index contributed by atoms with van der Waals surface area (Å²) in [5.41, 5.74) is -1.27. The molecular weight excluding hydrogens is 319 g/mol. The lowest BCUT2D eigenvalue weighted by atomic mass is 9.63. The van der Waals surface area contributed by atoms with Gasteiger partial charge in [0.1, 0.15) is 0 Å². The average Bonchev–Trinajstić information content (AvgIpc) is 3.31. The van der Waals surface area contributed by atoms with E-state index in [1.54, 1.807) is 0 Å². The van der Waals surface area contributed by atoms with Gasteiger partial charge in [0.2, 0.25) is 11.8 Å². The number of nitrogens with zero attached hydrogens (tertiary/aromatic N) is 1. The number of carbonyl (C=O) groups excluding carboxylic acids is 2. The first kappa shape index (κ1) is 14.3. The first-order chi connectivity index (χ1) is 11.4. The quantitative estimate of drug-likeness (QED) is 0.584. The second-order valence-electron chi connectivity index (χ2n) is 7.18. The van der Waals surface area contributed by atoms with Crippen LogP contribution in [0.3, 0.4) is 0 Å². The van der Waals surface area contributed by atoms with Crippen LogP contribution in [0.2, 0.25) is 0 Å². The first-order valence-electron chi connectivity index (χ1n) is 8.12. The van der Waals surface area contributed by atoms with E-state index in [1.807, 2.05) is 12.2 Å². The molecule has 3 fully saturated rings. The molecule has 4 aliphatic carbocycles. The zero-order valence-corrected chi connectivity index (χ0v) is 12.5. The summed E-state index contributed by atoms with van der Waals surface area (Å²) < 4.78 is 39.9. The average molecular weight is 333 g/mol. The second-order valence-corrected chi connectivity index (χ2v) is 7.18. The Balaban J connectivity index is 1.61. The van der Waals surface area contributed by atoms with Crippen LogP contribution in [0.15, 0.2) is 36.4 Å². The molecule has 124 valence electrons. The van der Waals surface area contributed by atoms with Gasteiger partial charge in [-0.3, -0.25) is 9.59 Å². The molecule has 2 bridgehead atoms. The lowest BCUT2D eigenvalue weighted by Crippen LogP contribution is -2.40. The number of benzene rings is 1. The van der Waals surface area contributed by atoms with E-state index in [-0.39, 0.29) is 17.5 Å². The molecule has 0 unspecified atom stereocenters. The predicted molar refractivity (Wildman–Crippen MR) is 78.6 cm³/mol. The number of hydrogen-bond acceptors (Lipinski definition) is 2. The van der Waals surface area contributed by atoms with Gasteiger partial charge in [-0.05, 0) is 42.2 Å². The molecule has 6 rings (SSSR count). The molecule has 1 aromatic rings. The van der Waals surface area contributed by atoms with Gasteiger partial charge < -0.3 is 0 Å². The topological polar surface area (TPSA) is 37.4 Å². The summed E-state index contributed by atoms with van der Waals surface area (Å²) in [5.74, 6) is -1.05. The fourth-order valence-electron chi connectivity index (χ4n) is 5.10. The second kappa shape index (κ2) is 4.29. The molecule has 24 heavy (non-hydrogen) atoms. The Morgan fingerprint density at radius 2 is 1.46 bits per heavy atom. The van der Waals surface area contributed by atoms with E-state index in [1.165, 1.54) is 18.2 Å². The molecule has 2 amide bonds. The number of amides is 2. The lowest BCUT2D eigenvalue weighted by molar-refractivity contribution is -0.137. The predicted octanol–water partition coefficient (Wildman–Crippen LogP) is 3.26. The standard InChI is InChI=1S/C18H14F3NO2/c19-18(20,21)12-3-1-2-4-13(12)22-16(23)14-8-5-6-9(11-7-10(8)11)15(14)17(22)24/h1-6,8-11,14-15H,7H2/t8-,9-,10-,11+,14+,15+/m0/s1. The zero-order valence-electron chi connectivity index (χ0n) is 12.5. The van der Waals surface area contributed by atoms with Crippen LogP contribution in [0.25, 0.3) is 0 Å². The molecule has 0 aromatic heterocycles. The van der Waals surface area contributed by atoms with E-state index in [2.05, 4.69) is 0 Å². The normalized spacial score (nSPS) is 39.2. The molecule has 1 aromatic carbocycles. The number of imide groups is 1. The van der Waals surface area contributed by atoms with E-state index in [4.69, 9.17) is 0 Å². The van der Waals surface area contributed by atoms with Crippen molar-refractivity contribution in [2.24, 2.45) is 35.5 Å². The molecule has 0 N–H and O–H groups in total. The van der Waals surface area contributed by atoms with Gasteiger partial charge in [0, 0.05) is 0 Å². The van der Waals surface area contributed by atoms with E-state index in [0.29, 0.717) is 11.8 Å². The Hall–Kier alpha value is -2.11. The zero-order chi connectivity index (χ0) is 16.8. The fraction of sp³-hybridized carbons (Fsp3) is 0.444. The summed E-state index contributed by atoms with van der Waals surface area (Å²) in [7, 11) is 0. The number of para-hydroxylation sites is 1. The molecule has 5 aliphatic rings. The summed E-state index contributed by atoms with van der Waals surface area (Å²) in [6.07, 6.45) is 0.425. The van der Waals surface area contributed by atoms with Crippen LogP contribution in [0, 0.1) is 35.5 Å². The Kier molecular flexibility index (Phi) is 2.55. The van der Waals surface area contributed by atoms with Crippen LogP contribution in [0.4, 0.5) is 18.9 Å². The highest BCUT2D eigenvalue weighted by atomic mass is 19.4. The number of rotatable bonds is 1. The van der Waals surface area contributed by atoms with Crippen molar-refractivity contribution in [3.05, 3.63) is 42.0 Å². The van der Waals surface area contributed by atoms with Crippen LogP contribution in [-0.2, 0) is 15.8 Å². The highest BCUT2D eigenvalue weighted by Gasteiger charge is 2.67. The molecule has 3 nitrogen and oxygen atoms in total. The van der Waals surface area contributed by atoms with E-state index >= 15 is 0 Å². The smallest absolute Gasteiger partial charge is 0.274 e. The van der Waals surface area contributed by atoms with Crippen molar-refractivity contribution >= 4 is 17.5 Å². The molecule has 2 saturated carbocycles. The number of hydrogen-bond donors (Lipinski definition) is 0. The molecule has 1 heterocycles. The van der Waals surface area contributed by atoms with Crippen LogP contribution in [-0.4, -0.2) is 11.8 Å². The van der Waals surface area contributed by atoms with Crippen molar-refractivity contribution < 1.29 is 22.8 Å². The highest BCUT2D eigenvalue weighted by molar-refractivity contribution is 6.23. The molecule has 1 aliphatic heterocycles. The van der Waals surface area contributed by atoms with E-state index in [0.717, 1.165) is 17.4 Å². The van der Waals surface area contributed by atoms with Gasteiger partial charge in [0.15, 0.2) is 0 Å². The number of allylic oxidation sites excluding steroid dienone is 2. The van der Waals surface area contributed by atoms with Gasteiger partial charge in [-0.1, -0.05) is 24.3 Å². The molecule has 6 atom stereocenters. The van der Waals surface area contributed by atoms with Gasteiger partial charge in [-0.25, -0.2) is 4.90 Å². The van der Waals surface area contributed by atoms with Crippen LogP contribution in [0.1, 0.15) is 12.0 Å². The Labute approximate surface area is 136 Å². The van der Waals surface area contributed by atoms with Gasteiger partial charge in [0.05, 0.1) is 23.1 Å². The molecule has 0 radical (unpaired) electrons. The first-order valence-corrected chi connectivity index (χ1v) is 8.12. The van der Waals surface area contributed by atoms with Gasteiger partial charge >= 0.3 is 6.18 Å². The SMILES string of the molecule is O=C1[C@@H]2[C@H]3C=C[C@@H]([C@@H]4C[C@H]34)[C@H]2C(=O)N1c1ccccc1C(F)(F)F. The third-order valence-electron chi connectivity index (χ3n) is 6.11. The monoisotopic (exact) mass is 333 g/mol. The summed E-state index contributed by atoms with van der Waals surface area (Å²) in [5, 5.41) is 0. The van der Waals surface area contributed by atoms with Gasteiger partial charge in [-0.15, -0.1) is 0 Å². The van der Waals surface area contributed by atoms with Crippen molar-refractivity contribution in [1.82, 2.24) is 0 Å². The minimum atomic E-state index is -4.61. The van der Waals surface area contributed by atoms with Crippen LogP contribution in [0.5, 0.6) is 0 Å². The molecule has 6 heteroatoms. The summed E-state index contributed by atoms with van der Waals surface area (Å²) >= 11 is 0. The van der Waals surface area contributed by atoms with E-state index < -0.39 is 35.4 Å². The van der Waals surface area contributed by atoms with E-state index in [9.17, 15) is 22.8 Å². The third kappa shape index (κ3) is 1.63. The minimum absolute atomic E-state index is 0.00417. The molecular formula is C18H14F3NO2. The maximum atomic E-state index is 13.3. The maximum absolute atomic E-state index is 13.3. The molecule has 0 spiro atoms. The number of carbonyl (C=O) groups is 2. The lowest BCUT2D eigenvalue weighted by Gasteiger charge is -2.37. The van der Waals surface area contributed by atoms with Gasteiger partial charge in [0.25, 0.3) is 0 Å². The fourth-order valence-corrected chi connectivity index (χ4v) is 5.10. The summed E-state index contributed by atoms with van der Waals surface area (Å²) in [6.45, 7) is 0. The maximum Gasteiger partial charge on any atom is 0.418 e. The van der Waals surface area contributed by atoms with Crippen molar-refractivity contribution in [2.45, 2.75) is 12.6 Å². The Bertz CT molecular complexity index is 764. The van der Waals surface area contributed by atoms with Crippen molar-refractivity contribution in [3.63, 3.8) is 0 Å². The van der Waals surface area contributed by atoms with Crippen LogP contribution < -0.4 is 4.90 Å². The summed E-state index contributed by atoms with van der Waals surface area (Å²) in [6, 6.07) is 4.83. The number of halogens is 3. The Morgan fingerprint density at radius 3 is 2.00 bits per heavy atom. The minimum Gasteiger partial charge on any atom is -0.274 e. The molecule has 1 saturated heterocycles. The highest BCUT2D eigenvalue weighted by Crippen LogP contribution is 2.65. The number of anilines is 1.